The molecule has 2 aromatic heterocycles. The van der Waals surface area contributed by atoms with E-state index < -0.39 is 0 Å². The number of hydrogen-bond acceptors (Lipinski definition) is 4. The Balaban J connectivity index is 2.34. The van der Waals surface area contributed by atoms with E-state index >= 15 is 0 Å². The van der Waals surface area contributed by atoms with Gasteiger partial charge in [0.2, 0.25) is 0 Å². The highest BCUT2D eigenvalue weighted by Gasteiger charge is 2.18. The van der Waals surface area contributed by atoms with E-state index in [-0.39, 0.29) is 11.9 Å². The molecule has 2 heterocycles. The molecule has 0 bridgehead atoms. The third kappa shape index (κ3) is 2.69. The monoisotopic (exact) mass is 278 g/mol. The predicted molar refractivity (Wildman–Crippen MR) is 76.9 cm³/mol. The molecule has 0 radical (unpaired) electrons. The molecule has 0 saturated heterocycles. The zero-order valence-corrected chi connectivity index (χ0v) is 12.1. The van der Waals surface area contributed by atoms with E-state index in [1.165, 1.54) is 0 Å². The lowest BCUT2D eigenvalue weighted by Crippen LogP contribution is -2.37. The second kappa shape index (κ2) is 5.54. The Morgan fingerprint density at radius 2 is 2.32 bits per heavy atom. The third-order valence-electron chi connectivity index (χ3n) is 3.02. The van der Waals surface area contributed by atoms with E-state index in [1.54, 1.807) is 17.5 Å². The van der Waals surface area contributed by atoms with E-state index in [9.17, 15) is 4.79 Å². The summed E-state index contributed by atoms with van der Waals surface area (Å²) in [4.78, 5) is 16.5. The van der Waals surface area contributed by atoms with E-state index in [0.717, 1.165) is 16.5 Å². The van der Waals surface area contributed by atoms with Crippen LogP contribution in [0.25, 0.3) is 5.13 Å². The van der Waals surface area contributed by atoms with Gasteiger partial charge in [-0.25, -0.2) is 4.98 Å². The Hall–Kier alpha value is -1.66. The van der Waals surface area contributed by atoms with E-state index in [2.05, 4.69) is 10.3 Å². The Bertz CT molecular complexity index is 574. The molecule has 2 rings (SSSR count). The molecular formula is C13H18N4OS. The van der Waals surface area contributed by atoms with Gasteiger partial charge in [0.15, 0.2) is 5.13 Å². The SMILES string of the molecule is Cc1cc(C(=O)N[C@@H](C)CN)c(C)n1-c1nccs1. The number of hydrogen-bond donors (Lipinski definition) is 2. The van der Waals surface area contributed by atoms with Gasteiger partial charge in [0.1, 0.15) is 0 Å². The molecule has 0 fully saturated rings. The van der Waals surface area contributed by atoms with Crippen molar-refractivity contribution in [1.29, 1.82) is 0 Å². The van der Waals surface area contributed by atoms with Crippen molar-refractivity contribution in [2.75, 3.05) is 6.54 Å². The zero-order chi connectivity index (χ0) is 14.0. The van der Waals surface area contributed by atoms with Crippen LogP contribution in [0.5, 0.6) is 0 Å². The fourth-order valence-electron chi connectivity index (χ4n) is 1.97. The number of thiazole rings is 1. The summed E-state index contributed by atoms with van der Waals surface area (Å²) in [5.41, 5.74) is 8.09. The number of nitrogens with zero attached hydrogens (tertiary/aromatic N) is 2. The molecule has 0 saturated carbocycles. The lowest BCUT2D eigenvalue weighted by Gasteiger charge is -2.11. The normalized spacial score (nSPS) is 12.4. The maximum Gasteiger partial charge on any atom is 0.253 e. The van der Waals surface area contributed by atoms with Crippen molar-refractivity contribution < 1.29 is 4.79 Å². The topological polar surface area (TPSA) is 72.9 Å². The first-order valence-corrected chi connectivity index (χ1v) is 7.02. The molecular weight excluding hydrogens is 260 g/mol. The number of rotatable bonds is 4. The summed E-state index contributed by atoms with van der Waals surface area (Å²) >= 11 is 1.55. The fraction of sp³-hybridized carbons (Fsp3) is 0.385. The van der Waals surface area contributed by atoms with Crippen molar-refractivity contribution in [3.63, 3.8) is 0 Å². The Morgan fingerprint density at radius 1 is 1.58 bits per heavy atom. The third-order valence-corrected chi connectivity index (χ3v) is 3.77. The van der Waals surface area contributed by atoms with Crippen molar-refractivity contribution in [3.8, 4) is 5.13 Å². The van der Waals surface area contributed by atoms with E-state index in [4.69, 9.17) is 5.73 Å². The van der Waals surface area contributed by atoms with Crippen molar-refractivity contribution >= 4 is 17.2 Å². The van der Waals surface area contributed by atoms with Gasteiger partial charge in [-0.1, -0.05) is 0 Å². The molecule has 0 aliphatic heterocycles. The fourth-order valence-corrected chi connectivity index (χ4v) is 2.73. The van der Waals surface area contributed by atoms with Gasteiger partial charge in [0.05, 0.1) is 5.56 Å². The summed E-state index contributed by atoms with van der Waals surface area (Å²) in [5.74, 6) is -0.0890. The van der Waals surface area contributed by atoms with Crippen LogP contribution in [0.2, 0.25) is 0 Å². The molecule has 0 spiro atoms. The molecule has 1 atom stereocenters. The summed E-state index contributed by atoms with van der Waals surface area (Å²) < 4.78 is 1.99. The van der Waals surface area contributed by atoms with Crippen LogP contribution < -0.4 is 11.1 Å². The van der Waals surface area contributed by atoms with Gasteiger partial charge in [-0.2, -0.15) is 0 Å². The van der Waals surface area contributed by atoms with Crippen molar-refractivity contribution in [2.45, 2.75) is 26.8 Å². The predicted octanol–water partition coefficient (Wildman–Crippen LogP) is 1.63. The average molecular weight is 278 g/mol. The largest absolute Gasteiger partial charge is 0.348 e. The summed E-state index contributed by atoms with van der Waals surface area (Å²) in [5, 5.41) is 5.68. The Morgan fingerprint density at radius 3 is 2.89 bits per heavy atom. The summed E-state index contributed by atoms with van der Waals surface area (Å²) in [6.07, 6.45) is 1.76. The van der Waals surface area contributed by atoms with Crippen LogP contribution in [-0.4, -0.2) is 28.0 Å². The number of carbonyl (C=O) groups is 1. The van der Waals surface area contributed by atoms with Crippen LogP contribution in [0.3, 0.4) is 0 Å². The van der Waals surface area contributed by atoms with Gasteiger partial charge in [0.25, 0.3) is 5.91 Å². The first-order chi connectivity index (χ1) is 9.04. The number of nitrogens with one attached hydrogen (secondary N) is 1. The van der Waals surface area contributed by atoms with Crippen LogP contribution in [0.4, 0.5) is 0 Å². The maximum absolute atomic E-state index is 12.2. The lowest BCUT2D eigenvalue weighted by molar-refractivity contribution is 0.0940. The summed E-state index contributed by atoms with van der Waals surface area (Å²) in [7, 11) is 0. The second-order valence-corrected chi connectivity index (χ2v) is 5.42. The van der Waals surface area contributed by atoms with Crippen LogP contribution in [0.1, 0.15) is 28.7 Å². The molecule has 0 aliphatic rings. The molecule has 0 aromatic carbocycles. The molecule has 5 nitrogen and oxygen atoms in total. The summed E-state index contributed by atoms with van der Waals surface area (Å²) in [6.45, 7) is 6.21. The molecule has 0 aliphatic carbocycles. The molecule has 6 heteroatoms. The standard InChI is InChI=1S/C13H18N4OS/c1-8(7-14)16-12(18)11-6-9(2)17(10(11)3)13-15-4-5-19-13/h4-6,8H,7,14H2,1-3H3,(H,16,18)/t8-/m0/s1. The quantitative estimate of drug-likeness (QED) is 0.892. The Kier molecular flexibility index (Phi) is 4.01. The maximum atomic E-state index is 12.2. The highest BCUT2D eigenvalue weighted by molar-refractivity contribution is 7.12. The molecule has 0 unspecified atom stereocenters. The molecule has 1 amide bonds. The van der Waals surface area contributed by atoms with Crippen LogP contribution in [0.15, 0.2) is 17.6 Å². The minimum Gasteiger partial charge on any atom is -0.348 e. The second-order valence-electron chi connectivity index (χ2n) is 4.55. The number of nitrogens with two attached hydrogens (primary N) is 1. The van der Waals surface area contributed by atoms with Crippen molar-refractivity contribution in [3.05, 3.63) is 34.6 Å². The van der Waals surface area contributed by atoms with Gasteiger partial charge in [-0.15, -0.1) is 11.3 Å². The number of aryl methyl sites for hydroxylation is 1. The molecule has 3 N–H and O–H groups in total. The zero-order valence-electron chi connectivity index (χ0n) is 11.3. The number of aromatic nitrogens is 2. The van der Waals surface area contributed by atoms with Crippen molar-refractivity contribution in [1.82, 2.24) is 14.9 Å². The highest BCUT2D eigenvalue weighted by Crippen LogP contribution is 2.22. The minimum absolute atomic E-state index is 0.0320. The van der Waals surface area contributed by atoms with E-state index in [0.29, 0.717) is 12.1 Å². The first-order valence-electron chi connectivity index (χ1n) is 6.14. The smallest absolute Gasteiger partial charge is 0.253 e. The van der Waals surface area contributed by atoms with Crippen LogP contribution >= 0.6 is 11.3 Å². The van der Waals surface area contributed by atoms with Crippen LogP contribution in [0, 0.1) is 13.8 Å². The van der Waals surface area contributed by atoms with Gasteiger partial charge in [-0.3, -0.25) is 9.36 Å². The highest BCUT2D eigenvalue weighted by atomic mass is 32.1. The van der Waals surface area contributed by atoms with Gasteiger partial charge in [0, 0.05) is 35.6 Å². The minimum atomic E-state index is -0.0890. The Labute approximate surface area is 116 Å². The van der Waals surface area contributed by atoms with Crippen molar-refractivity contribution in [2.24, 2.45) is 5.73 Å². The number of carbonyl (C=O) groups excluding carboxylic acids is 1. The lowest BCUT2D eigenvalue weighted by atomic mass is 10.2. The summed E-state index contributed by atoms with van der Waals surface area (Å²) in [6, 6.07) is 1.85. The molecule has 2 aromatic rings. The van der Waals surface area contributed by atoms with Gasteiger partial charge in [-0.05, 0) is 26.8 Å². The number of amides is 1. The van der Waals surface area contributed by atoms with E-state index in [1.807, 2.05) is 36.8 Å². The molecule has 19 heavy (non-hydrogen) atoms. The molecule has 102 valence electrons. The average Bonchev–Trinajstić information content (AvgIpc) is 2.97. The van der Waals surface area contributed by atoms with Gasteiger partial charge < -0.3 is 11.1 Å². The first kappa shape index (κ1) is 13.8. The van der Waals surface area contributed by atoms with Gasteiger partial charge >= 0.3 is 0 Å². The van der Waals surface area contributed by atoms with Crippen LogP contribution in [-0.2, 0) is 0 Å².